The van der Waals surface area contributed by atoms with Crippen molar-refractivity contribution in [2.75, 3.05) is 18.4 Å². The van der Waals surface area contributed by atoms with Gasteiger partial charge in [-0.15, -0.1) is 0 Å². The summed E-state index contributed by atoms with van der Waals surface area (Å²) in [4.78, 5) is 17.0. The smallest absolute Gasteiger partial charge is 0.261 e. The normalized spacial score (nSPS) is 11.3. The van der Waals surface area contributed by atoms with Gasteiger partial charge in [0.25, 0.3) is 5.91 Å². The minimum absolute atomic E-state index is 0.0313. The van der Waals surface area contributed by atoms with Crippen LogP contribution in [0, 0.1) is 0 Å². The molecule has 2 aromatic carbocycles. The first-order chi connectivity index (χ1) is 14.9. The average molecular weight is 442 g/mol. The Morgan fingerprint density at radius 2 is 1.77 bits per heavy atom. The summed E-state index contributed by atoms with van der Waals surface area (Å²) in [5, 5.41) is 12.7. The van der Waals surface area contributed by atoms with Crippen molar-refractivity contribution >= 4 is 21.6 Å². The zero-order valence-electron chi connectivity index (χ0n) is 17.1. The van der Waals surface area contributed by atoms with Crippen LogP contribution >= 0.6 is 0 Å². The van der Waals surface area contributed by atoms with Crippen molar-refractivity contribution < 1.29 is 23.1 Å². The fraction of sp³-hybridized carbons (Fsp3) is 0.182. The Morgan fingerprint density at radius 1 is 1.06 bits per heavy atom. The van der Waals surface area contributed by atoms with Crippen LogP contribution in [0.25, 0.3) is 0 Å². The molecular formula is C22H23N3O5S. The SMILES string of the molecule is CCN(CC)S(=O)(=O)c1ccc(O)c(NC(=O)c2cccnc2Oc2ccccc2)c1. The molecule has 3 rings (SSSR count). The van der Waals surface area contributed by atoms with Gasteiger partial charge in [-0.25, -0.2) is 13.4 Å². The number of para-hydroxylation sites is 1. The van der Waals surface area contributed by atoms with Crippen LogP contribution in [0.2, 0.25) is 0 Å². The molecule has 9 heteroatoms. The highest BCUT2D eigenvalue weighted by molar-refractivity contribution is 7.89. The quantitative estimate of drug-likeness (QED) is 0.514. The Morgan fingerprint density at radius 3 is 2.45 bits per heavy atom. The molecule has 3 aromatic rings. The second kappa shape index (κ2) is 9.59. The van der Waals surface area contributed by atoms with Crippen molar-refractivity contribution in [2.24, 2.45) is 0 Å². The topological polar surface area (TPSA) is 109 Å². The third-order valence-electron chi connectivity index (χ3n) is 4.53. The fourth-order valence-corrected chi connectivity index (χ4v) is 4.41. The van der Waals surface area contributed by atoms with Crippen LogP contribution in [0.1, 0.15) is 24.2 Å². The molecule has 0 radical (unpaired) electrons. The number of benzene rings is 2. The maximum absolute atomic E-state index is 12.9. The molecule has 1 aromatic heterocycles. The molecule has 0 saturated carbocycles. The van der Waals surface area contributed by atoms with E-state index in [0.29, 0.717) is 18.8 Å². The van der Waals surface area contributed by atoms with Crippen LogP contribution in [-0.2, 0) is 10.0 Å². The zero-order valence-corrected chi connectivity index (χ0v) is 18.0. The van der Waals surface area contributed by atoms with Crippen molar-refractivity contribution in [3.05, 3.63) is 72.4 Å². The van der Waals surface area contributed by atoms with Gasteiger partial charge in [-0.1, -0.05) is 32.0 Å². The molecule has 0 aliphatic rings. The summed E-state index contributed by atoms with van der Waals surface area (Å²) in [6.45, 7) is 4.08. The predicted octanol–water partition coefficient (Wildman–Crippen LogP) is 3.86. The van der Waals surface area contributed by atoms with E-state index in [1.54, 1.807) is 44.2 Å². The number of carbonyl (C=O) groups is 1. The first-order valence-electron chi connectivity index (χ1n) is 9.69. The Balaban J connectivity index is 1.89. The molecule has 0 atom stereocenters. The fourth-order valence-electron chi connectivity index (χ4n) is 2.92. The minimum Gasteiger partial charge on any atom is -0.506 e. The Labute approximate surface area is 181 Å². The van der Waals surface area contributed by atoms with E-state index in [-0.39, 0.29) is 27.8 Å². The number of aromatic nitrogens is 1. The van der Waals surface area contributed by atoms with Crippen LogP contribution in [0.3, 0.4) is 0 Å². The lowest BCUT2D eigenvalue weighted by Crippen LogP contribution is -2.30. The molecule has 162 valence electrons. The van der Waals surface area contributed by atoms with Gasteiger partial charge in [0.15, 0.2) is 0 Å². The lowest BCUT2D eigenvalue weighted by atomic mass is 10.2. The summed E-state index contributed by atoms with van der Waals surface area (Å²) in [6.07, 6.45) is 1.49. The zero-order chi connectivity index (χ0) is 22.4. The van der Waals surface area contributed by atoms with E-state index in [1.165, 1.54) is 34.8 Å². The highest BCUT2D eigenvalue weighted by atomic mass is 32.2. The average Bonchev–Trinajstić information content (AvgIpc) is 2.77. The number of nitrogens with one attached hydrogen (secondary N) is 1. The molecule has 8 nitrogen and oxygen atoms in total. The number of sulfonamides is 1. The van der Waals surface area contributed by atoms with Crippen molar-refractivity contribution in [1.82, 2.24) is 9.29 Å². The number of nitrogens with zero attached hydrogens (tertiary/aromatic N) is 2. The van der Waals surface area contributed by atoms with E-state index in [4.69, 9.17) is 4.74 Å². The van der Waals surface area contributed by atoms with Crippen molar-refractivity contribution in [3.63, 3.8) is 0 Å². The van der Waals surface area contributed by atoms with Crippen molar-refractivity contribution in [3.8, 4) is 17.4 Å². The maximum atomic E-state index is 12.9. The molecule has 0 aliphatic heterocycles. The molecular weight excluding hydrogens is 418 g/mol. The van der Waals surface area contributed by atoms with E-state index in [0.717, 1.165) is 0 Å². The number of aromatic hydroxyl groups is 1. The first-order valence-corrected chi connectivity index (χ1v) is 11.1. The third kappa shape index (κ3) is 5.01. The standard InChI is InChI=1S/C22H23N3O5S/c1-3-25(4-2)31(28,29)17-12-13-20(26)19(15-17)24-21(27)18-11-8-14-23-22(18)30-16-9-6-5-7-10-16/h5-15,26H,3-4H2,1-2H3,(H,24,27). The lowest BCUT2D eigenvalue weighted by Gasteiger charge is -2.19. The number of pyridine rings is 1. The number of phenols is 1. The molecule has 1 amide bonds. The third-order valence-corrected chi connectivity index (χ3v) is 6.58. The highest BCUT2D eigenvalue weighted by Crippen LogP contribution is 2.30. The molecule has 0 aliphatic carbocycles. The monoisotopic (exact) mass is 441 g/mol. The highest BCUT2D eigenvalue weighted by Gasteiger charge is 2.23. The predicted molar refractivity (Wildman–Crippen MR) is 117 cm³/mol. The Bertz CT molecular complexity index is 1160. The summed E-state index contributed by atoms with van der Waals surface area (Å²) in [7, 11) is -3.76. The lowest BCUT2D eigenvalue weighted by molar-refractivity contribution is 0.102. The van der Waals surface area contributed by atoms with Gasteiger partial charge in [-0.2, -0.15) is 4.31 Å². The van der Waals surface area contributed by atoms with Crippen LogP contribution in [0.15, 0.2) is 71.8 Å². The van der Waals surface area contributed by atoms with Crippen LogP contribution < -0.4 is 10.1 Å². The molecule has 0 spiro atoms. The Kier molecular flexibility index (Phi) is 6.88. The van der Waals surface area contributed by atoms with Gasteiger partial charge in [0, 0.05) is 19.3 Å². The van der Waals surface area contributed by atoms with Gasteiger partial charge in [0.05, 0.1) is 10.6 Å². The number of ether oxygens (including phenoxy) is 1. The molecule has 31 heavy (non-hydrogen) atoms. The molecule has 0 bridgehead atoms. The number of amides is 1. The first kappa shape index (κ1) is 22.3. The number of carbonyl (C=O) groups excluding carboxylic acids is 1. The molecule has 0 unspecified atom stereocenters. The summed E-state index contributed by atoms with van der Waals surface area (Å²) in [5.41, 5.74) is 0.0931. The number of hydrogen-bond donors (Lipinski definition) is 2. The van der Waals surface area contributed by atoms with Crippen molar-refractivity contribution in [1.29, 1.82) is 0 Å². The number of hydrogen-bond acceptors (Lipinski definition) is 6. The number of anilines is 1. The van der Waals surface area contributed by atoms with Gasteiger partial charge in [-0.05, 0) is 42.5 Å². The largest absolute Gasteiger partial charge is 0.506 e. The molecule has 0 saturated heterocycles. The van der Waals surface area contributed by atoms with Gasteiger partial charge in [0.1, 0.15) is 17.1 Å². The van der Waals surface area contributed by atoms with E-state index < -0.39 is 15.9 Å². The summed E-state index contributed by atoms with van der Waals surface area (Å²) >= 11 is 0. The second-order valence-corrected chi connectivity index (χ2v) is 8.43. The van der Waals surface area contributed by atoms with Gasteiger partial charge < -0.3 is 15.2 Å². The summed E-state index contributed by atoms with van der Waals surface area (Å²) in [6, 6.07) is 15.7. The van der Waals surface area contributed by atoms with E-state index in [9.17, 15) is 18.3 Å². The van der Waals surface area contributed by atoms with Gasteiger partial charge >= 0.3 is 0 Å². The van der Waals surface area contributed by atoms with Crippen LogP contribution in [-0.4, -0.2) is 41.8 Å². The van der Waals surface area contributed by atoms with Gasteiger partial charge in [-0.3, -0.25) is 4.79 Å². The summed E-state index contributed by atoms with van der Waals surface area (Å²) in [5.74, 6) is -0.281. The second-order valence-electron chi connectivity index (χ2n) is 6.49. The summed E-state index contributed by atoms with van der Waals surface area (Å²) < 4.78 is 32.5. The molecule has 0 fully saturated rings. The van der Waals surface area contributed by atoms with Crippen molar-refractivity contribution in [2.45, 2.75) is 18.7 Å². The Hall–Kier alpha value is -3.43. The number of rotatable bonds is 8. The van der Waals surface area contributed by atoms with Crippen LogP contribution in [0.5, 0.6) is 17.4 Å². The maximum Gasteiger partial charge on any atom is 0.261 e. The van der Waals surface area contributed by atoms with E-state index in [2.05, 4.69) is 10.3 Å². The van der Waals surface area contributed by atoms with Gasteiger partial charge in [0.2, 0.25) is 15.9 Å². The van der Waals surface area contributed by atoms with Crippen LogP contribution in [0.4, 0.5) is 5.69 Å². The number of phenolic OH excluding ortho intramolecular Hbond substituents is 1. The molecule has 2 N–H and O–H groups in total. The molecule has 1 heterocycles. The van der Waals surface area contributed by atoms with E-state index >= 15 is 0 Å². The van der Waals surface area contributed by atoms with E-state index in [1.807, 2.05) is 6.07 Å². The minimum atomic E-state index is -3.76.